The number of anilines is 1. The van der Waals surface area contributed by atoms with E-state index < -0.39 is 34.0 Å². The Morgan fingerprint density at radius 3 is 2.34 bits per heavy atom. The highest BCUT2D eigenvalue weighted by Crippen LogP contribution is 2.32. The van der Waals surface area contributed by atoms with Gasteiger partial charge < -0.3 is 5.32 Å². The largest absolute Gasteiger partial charge is 0.325 e. The summed E-state index contributed by atoms with van der Waals surface area (Å²) in [6, 6.07) is 11.8. The molecule has 2 aromatic rings. The predicted molar refractivity (Wildman–Crippen MR) is 134 cm³/mol. The summed E-state index contributed by atoms with van der Waals surface area (Å²) < 4.78 is 25.5. The Hall–Kier alpha value is -3.20. The fourth-order valence-corrected chi connectivity index (χ4v) is 5.65. The Morgan fingerprint density at radius 1 is 1.09 bits per heavy atom. The average molecular weight is 498 g/mol. The average Bonchev–Trinajstić information content (AvgIpc) is 3.01. The van der Waals surface area contributed by atoms with Crippen molar-refractivity contribution in [2.24, 2.45) is 0 Å². The lowest BCUT2D eigenvalue weighted by Crippen LogP contribution is -2.41. The van der Waals surface area contributed by atoms with Gasteiger partial charge in [0.1, 0.15) is 5.54 Å². The van der Waals surface area contributed by atoms with Gasteiger partial charge in [-0.05, 0) is 60.1 Å². The third kappa shape index (κ3) is 4.57. The van der Waals surface area contributed by atoms with E-state index in [2.05, 4.69) is 26.1 Å². The van der Waals surface area contributed by atoms with Gasteiger partial charge in [0.05, 0.1) is 18.5 Å². The van der Waals surface area contributed by atoms with Crippen molar-refractivity contribution in [1.82, 2.24) is 10.2 Å². The Morgan fingerprint density at radius 2 is 1.74 bits per heavy atom. The summed E-state index contributed by atoms with van der Waals surface area (Å²) >= 11 is 0. The Labute approximate surface area is 206 Å². The summed E-state index contributed by atoms with van der Waals surface area (Å²) in [6.45, 7) is 7.94. The number of sulfonamides is 1. The van der Waals surface area contributed by atoms with Crippen LogP contribution in [-0.2, 0) is 32.2 Å². The number of fused-ring (bicyclic) bond motifs is 1. The molecule has 2 aliphatic heterocycles. The van der Waals surface area contributed by atoms with Crippen LogP contribution in [0.4, 0.5) is 10.5 Å². The number of Topliss-reactive ketones (excluding diaryl/α,β-unsaturated/α-hetero) is 1. The number of ketones is 1. The molecule has 35 heavy (non-hydrogen) atoms. The van der Waals surface area contributed by atoms with Crippen molar-refractivity contribution in [3.63, 3.8) is 0 Å². The van der Waals surface area contributed by atoms with Crippen molar-refractivity contribution in [1.29, 1.82) is 0 Å². The minimum Gasteiger partial charge on any atom is -0.319 e. The third-order valence-corrected chi connectivity index (χ3v) is 7.96. The fourth-order valence-electron chi connectivity index (χ4n) is 4.66. The quantitative estimate of drug-likeness (QED) is 0.504. The molecule has 2 aromatic carbocycles. The summed E-state index contributed by atoms with van der Waals surface area (Å²) in [7, 11) is -3.41. The second kappa shape index (κ2) is 8.48. The smallest absolute Gasteiger partial charge is 0.319 e. The third-order valence-electron chi connectivity index (χ3n) is 6.78. The van der Waals surface area contributed by atoms with E-state index in [-0.39, 0.29) is 11.2 Å². The molecule has 8 nitrogen and oxygen atoms in total. The number of benzene rings is 2. The molecule has 2 aliphatic rings. The van der Waals surface area contributed by atoms with Crippen molar-refractivity contribution < 1.29 is 22.8 Å². The molecule has 0 aliphatic carbocycles. The van der Waals surface area contributed by atoms with Crippen LogP contribution in [0.2, 0.25) is 0 Å². The molecular weight excluding hydrogens is 466 g/mol. The number of amides is 3. The van der Waals surface area contributed by atoms with E-state index in [9.17, 15) is 22.8 Å². The van der Waals surface area contributed by atoms with Gasteiger partial charge in [-0.3, -0.25) is 18.8 Å². The lowest BCUT2D eigenvalue weighted by atomic mass is 9.84. The molecule has 0 radical (unpaired) electrons. The molecule has 4 rings (SSSR count). The summed E-state index contributed by atoms with van der Waals surface area (Å²) in [5.41, 5.74) is 2.10. The number of imide groups is 1. The standard InChI is InChI=1S/C26H31N3O5S/c1-25(2,3)19-9-11-20(12-10-19)26(4)23(31)28(24(32)27-26)16-22(30)18-8-13-21-17(15-18)7-6-14-29(21)35(5,33)34/h8-13,15H,6-7,14,16H2,1-5H3,(H,27,32). The zero-order valence-electron chi connectivity index (χ0n) is 20.7. The van der Waals surface area contributed by atoms with Crippen LogP contribution in [0, 0.1) is 0 Å². The molecule has 2 heterocycles. The lowest BCUT2D eigenvalue weighted by Gasteiger charge is -2.29. The molecule has 186 valence electrons. The molecule has 1 unspecified atom stereocenters. The van der Waals surface area contributed by atoms with Crippen LogP contribution in [0.3, 0.4) is 0 Å². The lowest BCUT2D eigenvalue weighted by molar-refractivity contribution is -0.130. The summed E-state index contributed by atoms with van der Waals surface area (Å²) in [5.74, 6) is -0.874. The summed E-state index contributed by atoms with van der Waals surface area (Å²) in [4.78, 5) is 40.0. The number of aryl methyl sites for hydroxylation is 1. The Balaban J connectivity index is 1.55. The van der Waals surface area contributed by atoms with Crippen LogP contribution >= 0.6 is 0 Å². The van der Waals surface area contributed by atoms with Gasteiger partial charge in [0.25, 0.3) is 5.91 Å². The van der Waals surface area contributed by atoms with Gasteiger partial charge in [-0.1, -0.05) is 45.0 Å². The summed E-state index contributed by atoms with van der Waals surface area (Å²) in [6.07, 6.45) is 2.46. The van der Waals surface area contributed by atoms with Crippen molar-refractivity contribution in [3.05, 3.63) is 64.7 Å². The van der Waals surface area contributed by atoms with Crippen LogP contribution in [0.15, 0.2) is 42.5 Å². The second-order valence-electron chi connectivity index (χ2n) is 10.5. The molecule has 0 spiro atoms. The molecule has 1 fully saturated rings. The predicted octanol–water partition coefficient (Wildman–Crippen LogP) is 3.35. The first kappa shape index (κ1) is 24.9. The first-order valence-corrected chi connectivity index (χ1v) is 13.5. The number of urea groups is 1. The van der Waals surface area contributed by atoms with E-state index in [0.717, 1.165) is 22.3 Å². The second-order valence-corrected chi connectivity index (χ2v) is 12.4. The fraction of sp³-hybridized carbons (Fsp3) is 0.423. The highest BCUT2D eigenvalue weighted by molar-refractivity contribution is 7.92. The van der Waals surface area contributed by atoms with E-state index in [1.54, 1.807) is 25.1 Å². The Kier molecular flexibility index (Phi) is 6.03. The molecular formula is C26H31N3O5S. The monoisotopic (exact) mass is 497 g/mol. The van der Waals surface area contributed by atoms with Crippen LogP contribution < -0.4 is 9.62 Å². The maximum atomic E-state index is 13.3. The van der Waals surface area contributed by atoms with E-state index in [4.69, 9.17) is 0 Å². The molecule has 1 saturated heterocycles. The van der Waals surface area contributed by atoms with Gasteiger partial charge >= 0.3 is 6.03 Å². The highest BCUT2D eigenvalue weighted by atomic mass is 32.2. The van der Waals surface area contributed by atoms with Gasteiger partial charge in [0.15, 0.2) is 5.78 Å². The number of carbonyl (C=O) groups excluding carboxylic acids is 3. The van der Waals surface area contributed by atoms with Gasteiger partial charge in [-0.25, -0.2) is 13.2 Å². The van der Waals surface area contributed by atoms with Crippen molar-refractivity contribution >= 4 is 33.4 Å². The van der Waals surface area contributed by atoms with Crippen LogP contribution in [0.25, 0.3) is 0 Å². The topological polar surface area (TPSA) is 104 Å². The normalized spacial score (nSPS) is 20.6. The minimum atomic E-state index is -3.41. The van der Waals surface area contributed by atoms with Gasteiger partial charge in [-0.2, -0.15) is 0 Å². The molecule has 1 atom stereocenters. The van der Waals surface area contributed by atoms with Crippen molar-refractivity contribution in [3.8, 4) is 0 Å². The number of nitrogens with zero attached hydrogens (tertiary/aromatic N) is 2. The van der Waals surface area contributed by atoms with E-state index >= 15 is 0 Å². The van der Waals surface area contributed by atoms with Crippen LogP contribution in [-0.4, -0.2) is 50.4 Å². The zero-order valence-corrected chi connectivity index (χ0v) is 21.5. The minimum absolute atomic E-state index is 0.0476. The summed E-state index contributed by atoms with van der Waals surface area (Å²) in [5, 5.41) is 2.75. The molecule has 3 amide bonds. The van der Waals surface area contributed by atoms with Gasteiger partial charge in [-0.15, -0.1) is 0 Å². The molecule has 0 saturated carbocycles. The highest BCUT2D eigenvalue weighted by Gasteiger charge is 2.49. The van der Waals surface area contributed by atoms with Crippen molar-refractivity contribution in [2.75, 3.05) is 23.7 Å². The number of hydrogen-bond acceptors (Lipinski definition) is 5. The number of carbonyl (C=O) groups is 3. The number of hydrogen-bond donors (Lipinski definition) is 1. The number of nitrogens with one attached hydrogen (secondary N) is 1. The van der Waals surface area contributed by atoms with E-state index in [1.165, 1.54) is 4.31 Å². The zero-order chi connectivity index (χ0) is 25.8. The number of rotatable bonds is 5. The SMILES string of the molecule is CC(C)(C)c1ccc(C2(C)NC(=O)N(CC(=O)c3ccc4c(c3)CCCN4S(C)(=O)=O)C2=O)cc1. The molecule has 9 heteroatoms. The van der Waals surface area contributed by atoms with Gasteiger partial charge in [0, 0.05) is 12.1 Å². The Bertz CT molecular complexity index is 1310. The van der Waals surface area contributed by atoms with E-state index in [0.29, 0.717) is 36.2 Å². The molecule has 1 N–H and O–H groups in total. The van der Waals surface area contributed by atoms with E-state index in [1.807, 2.05) is 24.3 Å². The molecule has 0 aromatic heterocycles. The first-order valence-electron chi connectivity index (χ1n) is 11.6. The van der Waals surface area contributed by atoms with Crippen molar-refractivity contribution in [2.45, 2.75) is 51.5 Å². The molecule has 0 bridgehead atoms. The first-order chi connectivity index (χ1) is 16.2. The maximum absolute atomic E-state index is 13.3. The van der Waals surface area contributed by atoms with Crippen LogP contribution in [0.5, 0.6) is 0 Å². The van der Waals surface area contributed by atoms with Gasteiger partial charge in [0.2, 0.25) is 10.0 Å². The van der Waals surface area contributed by atoms with Crippen LogP contribution in [0.1, 0.15) is 61.2 Å². The maximum Gasteiger partial charge on any atom is 0.325 e.